The molecule has 0 bridgehead atoms. The van der Waals surface area contributed by atoms with E-state index >= 15 is 0 Å². The van der Waals surface area contributed by atoms with Crippen LogP contribution in [0.15, 0.2) is 24.3 Å². The molecule has 2 heterocycles. The lowest BCUT2D eigenvalue weighted by atomic mass is 9.80. The number of nitrogen functional groups attached to an aromatic ring is 1. The lowest BCUT2D eigenvalue weighted by Gasteiger charge is -2.40. The zero-order valence-corrected chi connectivity index (χ0v) is 13.6. The Labute approximate surface area is 143 Å². The van der Waals surface area contributed by atoms with Crippen molar-refractivity contribution < 1.29 is 17.9 Å². The van der Waals surface area contributed by atoms with Crippen molar-refractivity contribution in [3.63, 3.8) is 0 Å². The van der Waals surface area contributed by atoms with E-state index in [1.54, 1.807) is 18.2 Å². The highest BCUT2D eigenvalue weighted by molar-refractivity contribution is 5.75. The highest BCUT2D eigenvalue weighted by Gasteiger charge is 2.49. The molecule has 0 saturated heterocycles. The fraction of sp³-hybridized carbons (Fsp3) is 0.444. The van der Waals surface area contributed by atoms with Crippen molar-refractivity contribution in [3.8, 4) is 17.0 Å². The lowest BCUT2D eigenvalue weighted by molar-refractivity contribution is -0.144. The quantitative estimate of drug-likeness (QED) is 0.750. The summed E-state index contributed by atoms with van der Waals surface area (Å²) in [6.07, 6.45) is 0.0105. The predicted octanol–water partition coefficient (Wildman–Crippen LogP) is 4.69. The summed E-state index contributed by atoms with van der Waals surface area (Å²) in [4.78, 5) is 7.77. The Hall–Kier alpha value is -2.31. The number of hydrogen-bond donors (Lipinski definition) is 1. The largest absolute Gasteiger partial charge is 0.482 e. The molecule has 2 N–H and O–H groups in total. The monoisotopic (exact) mass is 349 g/mol. The Morgan fingerprint density at radius 3 is 2.36 bits per heavy atom. The van der Waals surface area contributed by atoms with E-state index in [4.69, 9.17) is 10.5 Å². The van der Waals surface area contributed by atoms with Crippen molar-refractivity contribution in [1.29, 1.82) is 0 Å². The number of nitrogens with two attached hydrogens (primary N) is 1. The van der Waals surface area contributed by atoms with Crippen LogP contribution in [0.2, 0.25) is 0 Å². The van der Waals surface area contributed by atoms with Gasteiger partial charge in [-0.05, 0) is 37.8 Å². The number of halogens is 3. The van der Waals surface area contributed by atoms with Crippen molar-refractivity contribution in [2.45, 2.75) is 50.3 Å². The molecule has 4 rings (SSSR count). The number of para-hydroxylation sites is 1. The molecule has 1 aromatic heterocycles. The summed E-state index contributed by atoms with van der Waals surface area (Å²) in [5, 5.41) is 0. The highest BCUT2D eigenvalue weighted by atomic mass is 19.4. The molecule has 1 aromatic carbocycles. The Kier molecular flexibility index (Phi) is 3.63. The van der Waals surface area contributed by atoms with E-state index in [0.717, 1.165) is 25.7 Å². The molecule has 0 unspecified atom stereocenters. The molecule has 1 saturated carbocycles. The highest BCUT2D eigenvalue weighted by Crippen LogP contribution is 2.53. The van der Waals surface area contributed by atoms with E-state index in [1.807, 2.05) is 6.07 Å². The van der Waals surface area contributed by atoms with Crippen LogP contribution in [0.3, 0.4) is 0 Å². The van der Waals surface area contributed by atoms with Crippen molar-refractivity contribution in [2.24, 2.45) is 0 Å². The molecule has 2 aliphatic rings. The van der Waals surface area contributed by atoms with E-state index < -0.39 is 17.5 Å². The number of hydrogen-bond acceptors (Lipinski definition) is 4. The number of benzene rings is 1. The molecule has 1 spiro atoms. The maximum absolute atomic E-state index is 13.8. The van der Waals surface area contributed by atoms with Crippen LogP contribution < -0.4 is 10.5 Å². The van der Waals surface area contributed by atoms with Gasteiger partial charge in [-0.1, -0.05) is 25.0 Å². The van der Waals surface area contributed by atoms with Crippen LogP contribution in [0.5, 0.6) is 5.75 Å². The van der Waals surface area contributed by atoms with Gasteiger partial charge in [-0.3, -0.25) is 0 Å². The summed E-state index contributed by atoms with van der Waals surface area (Å²) in [6, 6.07) is 7.05. The van der Waals surface area contributed by atoms with Gasteiger partial charge in [0.2, 0.25) is 5.95 Å². The summed E-state index contributed by atoms with van der Waals surface area (Å²) in [5.74, 6) is 0.190. The molecular formula is C18H18F3N3O. The summed E-state index contributed by atoms with van der Waals surface area (Å²) in [5.41, 5.74) is 4.45. The second-order valence-corrected chi connectivity index (χ2v) is 6.66. The summed E-state index contributed by atoms with van der Waals surface area (Å²) < 4.78 is 47.5. The van der Waals surface area contributed by atoms with Gasteiger partial charge in [0.15, 0.2) is 5.69 Å². The molecular weight excluding hydrogens is 331 g/mol. The van der Waals surface area contributed by atoms with Crippen molar-refractivity contribution in [3.05, 3.63) is 35.5 Å². The number of nitrogens with zero attached hydrogens (tertiary/aromatic N) is 2. The Morgan fingerprint density at radius 1 is 1.00 bits per heavy atom. The summed E-state index contributed by atoms with van der Waals surface area (Å²) >= 11 is 0. The number of fused-ring (bicyclic) bond motifs is 4. The number of alkyl halides is 3. The Balaban J connectivity index is 2.05. The van der Waals surface area contributed by atoms with Crippen LogP contribution in [0.1, 0.15) is 49.8 Å². The average molecular weight is 349 g/mol. The molecule has 1 fully saturated rings. The van der Waals surface area contributed by atoms with Gasteiger partial charge in [-0.2, -0.15) is 13.2 Å². The van der Waals surface area contributed by atoms with Crippen molar-refractivity contribution in [1.82, 2.24) is 9.97 Å². The van der Waals surface area contributed by atoms with Crippen LogP contribution >= 0.6 is 0 Å². The molecule has 1 aliphatic carbocycles. The predicted molar refractivity (Wildman–Crippen MR) is 86.9 cm³/mol. The fourth-order valence-corrected chi connectivity index (χ4v) is 3.97. The first-order valence-corrected chi connectivity index (χ1v) is 8.44. The molecule has 0 atom stereocenters. The minimum Gasteiger partial charge on any atom is -0.482 e. The number of aromatic nitrogens is 2. The van der Waals surface area contributed by atoms with Gasteiger partial charge >= 0.3 is 6.18 Å². The number of anilines is 1. The standard InChI is InChI=1S/C18H18F3N3O/c19-18(20,21)15-13-14(23-16(22)24-15)11-7-3-4-8-12(11)25-17(13)9-5-1-2-6-10-17/h3-4,7-8H,1-2,5-6,9-10H2,(H2,22,23,24). The first-order valence-electron chi connectivity index (χ1n) is 8.44. The second-order valence-electron chi connectivity index (χ2n) is 6.66. The lowest BCUT2D eigenvalue weighted by Crippen LogP contribution is -2.39. The fourth-order valence-electron chi connectivity index (χ4n) is 3.97. The molecule has 2 aromatic rings. The SMILES string of the molecule is Nc1nc2c(c(C(F)(F)F)n1)C1(CCCCCC1)Oc1ccccc1-2. The van der Waals surface area contributed by atoms with E-state index in [1.165, 1.54) is 0 Å². The van der Waals surface area contributed by atoms with E-state index in [0.29, 0.717) is 24.2 Å². The van der Waals surface area contributed by atoms with E-state index in [2.05, 4.69) is 9.97 Å². The molecule has 4 nitrogen and oxygen atoms in total. The number of rotatable bonds is 0. The smallest absolute Gasteiger partial charge is 0.433 e. The van der Waals surface area contributed by atoms with Gasteiger partial charge in [-0.25, -0.2) is 9.97 Å². The Morgan fingerprint density at radius 2 is 1.68 bits per heavy atom. The van der Waals surface area contributed by atoms with Crippen LogP contribution in [0.25, 0.3) is 11.3 Å². The second kappa shape index (κ2) is 5.61. The van der Waals surface area contributed by atoms with Crippen LogP contribution in [0.4, 0.5) is 19.1 Å². The van der Waals surface area contributed by atoms with Crippen molar-refractivity contribution >= 4 is 5.95 Å². The minimum absolute atomic E-state index is 0.0507. The van der Waals surface area contributed by atoms with E-state index in [9.17, 15) is 13.2 Å². The summed E-state index contributed by atoms with van der Waals surface area (Å²) in [7, 11) is 0. The Bertz CT molecular complexity index is 812. The maximum Gasteiger partial charge on any atom is 0.433 e. The maximum atomic E-state index is 13.8. The van der Waals surface area contributed by atoms with Crippen LogP contribution in [-0.2, 0) is 11.8 Å². The van der Waals surface area contributed by atoms with Gasteiger partial charge in [0.05, 0.1) is 11.3 Å². The zero-order valence-electron chi connectivity index (χ0n) is 13.6. The van der Waals surface area contributed by atoms with Gasteiger partial charge in [0, 0.05) is 5.56 Å². The molecule has 25 heavy (non-hydrogen) atoms. The van der Waals surface area contributed by atoms with Gasteiger partial charge < -0.3 is 10.5 Å². The third kappa shape index (κ3) is 2.62. The van der Waals surface area contributed by atoms with Gasteiger partial charge in [0.25, 0.3) is 0 Å². The molecule has 7 heteroatoms. The topological polar surface area (TPSA) is 61.0 Å². The van der Waals surface area contributed by atoms with Crippen molar-refractivity contribution in [2.75, 3.05) is 5.73 Å². The van der Waals surface area contributed by atoms with Gasteiger partial charge in [-0.15, -0.1) is 0 Å². The van der Waals surface area contributed by atoms with Gasteiger partial charge in [0.1, 0.15) is 11.4 Å². The molecule has 0 amide bonds. The van der Waals surface area contributed by atoms with Crippen LogP contribution in [-0.4, -0.2) is 9.97 Å². The number of ether oxygens (including phenoxy) is 1. The van der Waals surface area contributed by atoms with Crippen LogP contribution in [0, 0.1) is 0 Å². The molecule has 132 valence electrons. The molecule has 0 radical (unpaired) electrons. The molecule has 1 aliphatic heterocycles. The third-order valence-corrected chi connectivity index (χ3v) is 5.01. The first-order chi connectivity index (χ1) is 11.9. The normalized spacial score (nSPS) is 18.8. The first kappa shape index (κ1) is 16.2. The zero-order chi connectivity index (χ0) is 17.7. The average Bonchev–Trinajstić information content (AvgIpc) is 2.79. The third-order valence-electron chi connectivity index (χ3n) is 5.01. The minimum atomic E-state index is -4.61. The summed E-state index contributed by atoms with van der Waals surface area (Å²) in [6.45, 7) is 0. The van der Waals surface area contributed by atoms with E-state index in [-0.39, 0.29) is 17.2 Å².